The van der Waals surface area contributed by atoms with Crippen LogP contribution in [0.4, 0.5) is 10.1 Å². The third kappa shape index (κ3) is 4.67. The lowest BCUT2D eigenvalue weighted by Gasteiger charge is -2.11. The highest BCUT2D eigenvalue weighted by Crippen LogP contribution is 2.30. The van der Waals surface area contributed by atoms with Crippen molar-refractivity contribution in [2.45, 2.75) is 17.7 Å². The quantitative estimate of drug-likeness (QED) is 0.606. The maximum Gasteiger partial charge on any atom is 0.284 e. The van der Waals surface area contributed by atoms with E-state index in [1.165, 1.54) is 18.2 Å². The van der Waals surface area contributed by atoms with Crippen molar-refractivity contribution in [2.75, 3.05) is 18.9 Å². The normalized spacial score (nSPS) is 15.4. The minimum Gasteiger partial charge on any atom is -0.362 e. The minimum atomic E-state index is -3.88. The number of halogens is 1. The summed E-state index contributed by atoms with van der Waals surface area (Å²) in [5.41, 5.74) is 0.766. The fraction of sp³-hybridized carbons (Fsp3) is 0.182. The number of thiophene rings is 1. The number of carbonyl (C=O) groups excluding carboxylic acids is 1. The minimum absolute atomic E-state index is 0.0105. The fourth-order valence-electron chi connectivity index (χ4n) is 3.29. The van der Waals surface area contributed by atoms with Crippen LogP contribution in [0.1, 0.15) is 22.5 Å². The zero-order valence-corrected chi connectivity index (χ0v) is 18.3. The zero-order valence-electron chi connectivity index (χ0n) is 16.7. The lowest BCUT2D eigenvalue weighted by Crippen LogP contribution is -2.20. The van der Waals surface area contributed by atoms with Crippen LogP contribution >= 0.6 is 11.3 Å². The topological polar surface area (TPSA) is 78.8 Å². The molecular formula is C22H20FN3O3S2. The standard InChI is InChI=1S/C22H20FN3O3S2/c1-26-13-5-10-21(26)25-31(28,29)16-7-4-6-15(14-16)24-22(27)20-12-11-19(30-20)17-8-2-3-9-18(17)23/h2-4,6-9,11-12,14H,5,10,13H2,1H3,(H,24,27)/b25-21+. The summed E-state index contributed by atoms with van der Waals surface area (Å²) in [4.78, 5) is 15.5. The maximum absolute atomic E-state index is 14.0. The number of nitrogens with one attached hydrogen (secondary N) is 1. The molecule has 160 valence electrons. The molecule has 1 saturated heterocycles. The molecule has 0 radical (unpaired) electrons. The van der Waals surface area contributed by atoms with Gasteiger partial charge in [0.2, 0.25) is 0 Å². The first-order chi connectivity index (χ1) is 14.8. The smallest absolute Gasteiger partial charge is 0.284 e. The van der Waals surface area contributed by atoms with Gasteiger partial charge in [-0.05, 0) is 42.8 Å². The molecule has 3 aromatic rings. The largest absolute Gasteiger partial charge is 0.362 e. The predicted molar refractivity (Wildman–Crippen MR) is 121 cm³/mol. The van der Waals surface area contributed by atoms with Crippen molar-refractivity contribution in [2.24, 2.45) is 4.40 Å². The molecular weight excluding hydrogens is 437 g/mol. The summed E-state index contributed by atoms with van der Waals surface area (Å²) in [7, 11) is -2.07. The number of amides is 1. The summed E-state index contributed by atoms with van der Waals surface area (Å²) < 4.78 is 43.3. The molecule has 1 amide bonds. The SMILES string of the molecule is CN1CCC/C1=N\S(=O)(=O)c1cccc(NC(=O)c2ccc(-c3ccccc3F)s2)c1. The predicted octanol–water partition coefficient (Wildman–Crippen LogP) is 4.62. The van der Waals surface area contributed by atoms with E-state index in [1.807, 2.05) is 11.9 Å². The molecule has 1 aliphatic heterocycles. The summed E-state index contributed by atoms with van der Waals surface area (Å²) in [6.07, 6.45) is 1.49. The van der Waals surface area contributed by atoms with Crippen molar-refractivity contribution in [3.8, 4) is 10.4 Å². The van der Waals surface area contributed by atoms with Gasteiger partial charge < -0.3 is 10.2 Å². The van der Waals surface area contributed by atoms with Gasteiger partial charge in [-0.15, -0.1) is 15.7 Å². The Kier molecular flexibility index (Phi) is 5.88. The van der Waals surface area contributed by atoms with Gasteiger partial charge in [0.25, 0.3) is 15.9 Å². The second kappa shape index (κ2) is 8.60. The molecule has 0 atom stereocenters. The monoisotopic (exact) mass is 457 g/mol. The average molecular weight is 458 g/mol. The molecule has 0 unspecified atom stereocenters. The van der Waals surface area contributed by atoms with Gasteiger partial charge in [-0.25, -0.2) is 4.39 Å². The maximum atomic E-state index is 14.0. The Hall–Kier alpha value is -3.04. The number of hydrogen-bond donors (Lipinski definition) is 1. The van der Waals surface area contributed by atoms with E-state index in [2.05, 4.69) is 9.71 Å². The van der Waals surface area contributed by atoms with Gasteiger partial charge >= 0.3 is 0 Å². The number of amidine groups is 1. The molecule has 2 aromatic carbocycles. The van der Waals surface area contributed by atoms with Crippen LogP contribution in [0.25, 0.3) is 10.4 Å². The number of nitrogens with zero attached hydrogens (tertiary/aromatic N) is 2. The second-order valence-electron chi connectivity index (χ2n) is 7.13. The van der Waals surface area contributed by atoms with Crippen molar-refractivity contribution in [1.29, 1.82) is 0 Å². The summed E-state index contributed by atoms with van der Waals surface area (Å²) in [5.74, 6) is -0.221. The van der Waals surface area contributed by atoms with E-state index in [1.54, 1.807) is 42.5 Å². The van der Waals surface area contributed by atoms with E-state index in [0.29, 0.717) is 33.3 Å². The van der Waals surface area contributed by atoms with Gasteiger partial charge in [0.05, 0.1) is 9.77 Å². The number of likely N-dealkylation sites (tertiary alicyclic amines) is 1. The Bertz CT molecular complexity index is 1270. The van der Waals surface area contributed by atoms with Crippen molar-refractivity contribution in [1.82, 2.24) is 4.90 Å². The van der Waals surface area contributed by atoms with Crippen LogP contribution < -0.4 is 5.32 Å². The van der Waals surface area contributed by atoms with Crippen molar-refractivity contribution >= 4 is 38.8 Å². The summed E-state index contributed by atoms with van der Waals surface area (Å²) >= 11 is 1.16. The number of hydrogen-bond acceptors (Lipinski definition) is 4. The Balaban J connectivity index is 1.53. The summed E-state index contributed by atoms with van der Waals surface area (Å²) in [5, 5.41) is 2.71. The molecule has 0 aliphatic carbocycles. The average Bonchev–Trinajstić information content (AvgIpc) is 3.38. The van der Waals surface area contributed by atoms with E-state index < -0.39 is 15.9 Å². The molecule has 1 aliphatic rings. The van der Waals surface area contributed by atoms with Crippen LogP contribution in [-0.4, -0.2) is 38.7 Å². The number of benzene rings is 2. The summed E-state index contributed by atoms with van der Waals surface area (Å²) in [6.45, 7) is 0.778. The zero-order chi connectivity index (χ0) is 22.0. The van der Waals surface area contributed by atoms with Crippen LogP contribution in [-0.2, 0) is 10.0 Å². The lowest BCUT2D eigenvalue weighted by atomic mass is 10.2. The highest BCUT2D eigenvalue weighted by Gasteiger charge is 2.21. The van der Waals surface area contributed by atoms with E-state index >= 15 is 0 Å². The molecule has 1 N–H and O–H groups in total. The van der Waals surface area contributed by atoms with Crippen LogP contribution in [0, 0.1) is 5.82 Å². The molecule has 0 saturated carbocycles. The van der Waals surface area contributed by atoms with E-state index in [4.69, 9.17) is 0 Å². The molecule has 1 fully saturated rings. The first kappa shape index (κ1) is 21.2. The van der Waals surface area contributed by atoms with Gasteiger partial charge in [-0.3, -0.25) is 4.79 Å². The third-order valence-electron chi connectivity index (χ3n) is 4.92. The molecule has 0 spiro atoms. The van der Waals surface area contributed by atoms with Gasteiger partial charge in [-0.1, -0.05) is 24.3 Å². The Morgan fingerprint density at radius 2 is 1.94 bits per heavy atom. The highest BCUT2D eigenvalue weighted by molar-refractivity contribution is 7.90. The van der Waals surface area contributed by atoms with Crippen molar-refractivity contribution in [3.63, 3.8) is 0 Å². The number of sulfonamides is 1. The molecule has 0 bridgehead atoms. The highest BCUT2D eigenvalue weighted by atomic mass is 32.2. The fourth-order valence-corrected chi connectivity index (χ4v) is 5.36. The number of rotatable bonds is 5. The molecule has 4 rings (SSSR count). The van der Waals surface area contributed by atoms with Gasteiger partial charge in [0.1, 0.15) is 11.7 Å². The Morgan fingerprint density at radius 1 is 1.13 bits per heavy atom. The van der Waals surface area contributed by atoms with Crippen molar-refractivity contribution in [3.05, 3.63) is 71.4 Å². The van der Waals surface area contributed by atoms with Crippen LogP contribution in [0.3, 0.4) is 0 Å². The molecule has 1 aromatic heterocycles. The van der Waals surface area contributed by atoms with Crippen molar-refractivity contribution < 1.29 is 17.6 Å². The summed E-state index contributed by atoms with van der Waals surface area (Å²) in [6, 6.07) is 15.7. The first-order valence-corrected chi connectivity index (χ1v) is 11.9. The second-order valence-corrected chi connectivity index (χ2v) is 9.82. The lowest BCUT2D eigenvalue weighted by molar-refractivity contribution is 0.103. The molecule has 9 heteroatoms. The molecule has 2 heterocycles. The Morgan fingerprint density at radius 3 is 2.68 bits per heavy atom. The van der Waals surface area contributed by atoms with Crippen LogP contribution in [0.15, 0.2) is 70.0 Å². The Labute approximate surface area is 184 Å². The number of carbonyl (C=O) groups is 1. The van der Waals surface area contributed by atoms with Gasteiger partial charge in [0.15, 0.2) is 0 Å². The van der Waals surface area contributed by atoms with Gasteiger partial charge in [-0.2, -0.15) is 8.42 Å². The first-order valence-electron chi connectivity index (χ1n) is 9.64. The number of anilines is 1. The van der Waals surface area contributed by atoms with E-state index in [-0.39, 0.29) is 10.7 Å². The van der Waals surface area contributed by atoms with Gasteiger partial charge in [0, 0.05) is 36.1 Å². The molecule has 6 nitrogen and oxygen atoms in total. The van der Waals surface area contributed by atoms with E-state index in [0.717, 1.165) is 24.3 Å². The third-order valence-corrected chi connectivity index (χ3v) is 7.34. The van der Waals surface area contributed by atoms with Crippen LogP contribution in [0.5, 0.6) is 0 Å². The molecule has 31 heavy (non-hydrogen) atoms. The van der Waals surface area contributed by atoms with E-state index in [9.17, 15) is 17.6 Å². The van der Waals surface area contributed by atoms with Crippen LogP contribution in [0.2, 0.25) is 0 Å².